The highest BCUT2D eigenvalue weighted by molar-refractivity contribution is 5.97. The van der Waals surface area contributed by atoms with Crippen LogP contribution in [0.1, 0.15) is 27.6 Å². The van der Waals surface area contributed by atoms with E-state index in [-0.39, 0.29) is 24.9 Å². The molecule has 7 nitrogen and oxygen atoms in total. The second-order valence-electron chi connectivity index (χ2n) is 5.67. The van der Waals surface area contributed by atoms with Gasteiger partial charge >= 0.3 is 5.97 Å². The second kappa shape index (κ2) is 9.38. The van der Waals surface area contributed by atoms with E-state index in [2.05, 4.69) is 5.32 Å². The normalized spacial score (nSPS) is 10.0. The maximum absolute atomic E-state index is 12.3. The van der Waals surface area contributed by atoms with Gasteiger partial charge in [0, 0.05) is 25.7 Å². The fourth-order valence-corrected chi connectivity index (χ4v) is 2.60. The van der Waals surface area contributed by atoms with Crippen LogP contribution < -0.4 is 15.0 Å². The van der Waals surface area contributed by atoms with Gasteiger partial charge in [-0.2, -0.15) is 0 Å². The maximum Gasteiger partial charge on any atom is 0.337 e. The SMILES string of the molecule is COC(=O)c1cccc(N(CCNC(=O)c2ccccc2OC)C(C)=O)c1. The van der Waals surface area contributed by atoms with Gasteiger partial charge in [-0.25, -0.2) is 4.79 Å². The van der Waals surface area contributed by atoms with E-state index in [1.54, 1.807) is 48.5 Å². The summed E-state index contributed by atoms with van der Waals surface area (Å²) in [6, 6.07) is 13.5. The number of hydrogen-bond acceptors (Lipinski definition) is 5. The van der Waals surface area contributed by atoms with Crippen molar-refractivity contribution in [3.63, 3.8) is 0 Å². The van der Waals surface area contributed by atoms with Crippen molar-refractivity contribution in [3.8, 4) is 5.75 Å². The number of nitrogens with one attached hydrogen (secondary N) is 1. The number of esters is 1. The molecule has 0 heterocycles. The monoisotopic (exact) mass is 370 g/mol. The van der Waals surface area contributed by atoms with Crippen LogP contribution in [0.2, 0.25) is 0 Å². The Morgan fingerprint density at radius 1 is 1.04 bits per heavy atom. The van der Waals surface area contributed by atoms with Crippen molar-refractivity contribution in [2.45, 2.75) is 6.92 Å². The average molecular weight is 370 g/mol. The van der Waals surface area contributed by atoms with Crippen molar-refractivity contribution >= 4 is 23.5 Å². The highest BCUT2D eigenvalue weighted by atomic mass is 16.5. The molecule has 0 atom stereocenters. The molecule has 0 radical (unpaired) electrons. The van der Waals surface area contributed by atoms with E-state index in [0.717, 1.165) is 0 Å². The average Bonchev–Trinajstić information content (AvgIpc) is 2.70. The fraction of sp³-hybridized carbons (Fsp3) is 0.250. The molecule has 2 amide bonds. The molecular weight excluding hydrogens is 348 g/mol. The second-order valence-corrected chi connectivity index (χ2v) is 5.67. The van der Waals surface area contributed by atoms with Crippen LogP contribution in [0.15, 0.2) is 48.5 Å². The largest absolute Gasteiger partial charge is 0.496 e. The van der Waals surface area contributed by atoms with E-state index in [9.17, 15) is 14.4 Å². The van der Waals surface area contributed by atoms with Crippen molar-refractivity contribution in [1.29, 1.82) is 0 Å². The van der Waals surface area contributed by atoms with Crippen LogP contribution >= 0.6 is 0 Å². The molecule has 0 saturated carbocycles. The number of anilines is 1. The van der Waals surface area contributed by atoms with E-state index >= 15 is 0 Å². The van der Waals surface area contributed by atoms with Crippen LogP contribution in [0.3, 0.4) is 0 Å². The lowest BCUT2D eigenvalue weighted by Crippen LogP contribution is -2.37. The Hall–Kier alpha value is -3.35. The number of hydrogen-bond donors (Lipinski definition) is 1. The number of benzene rings is 2. The van der Waals surface area contributed by atoms with Gasteiger partial charge in [-0.05, 0) is 30.3 Å². The Balaban J connectivity index is 2.06. The topological polar surface area (TPSA) is 84.9 Å². The maximum atomic E-state index is 12.3. The van der Waals surface area contributed by atoms with Gasteiger partial charge in [-0.1, -0.05) is 18.2 Å². The molecule has 0 spiro atoms. The van der Waals surface area contributed by atoms with Crippen molar-refractivity contribution in [2.75, 3.05) is 32.2 Å². The predicted octanol–water partition coefficient (Wildman–Crippen LogP) is 2.26. The number of methoxy groups -OCH3 is 2. The fourth-order valence-electron chi connectivity index (χ4n) is 2.60. The molecule has 0 unspecified atom stereocenters. The van der Waals surface area contributed by atoms with E-state index in [0.29, 0.717) is 22.6 Å². The Bertz CT molecular complexity index is 835. The van der Waals surface area contributed by atoms with Crippen molar-refractivity contribution < 1.29 is 23.9 Å². The first kappa shape index (κ1) is 20.0. The van der Waals surface area contributed by atoms with Crippen LogP contribution in [0, 0.1) is 0 Å². The summed E-state index contributed by atoms with van der Waals surface area (Å²) in [5.74, 6) is -0.503. The Kier molecular flexibility index (Phi) is 6.93. The first-order valence-corrected chi connectivity index (χ1v) is 8.35. The van der Waals surface area contributed by atoms with Crippen LogP contribution in [-0.2, 0) is 9.53 Å². The molecule has 2 aromatic rings. The number of carbonyl (C=O) groups is 3. The van der Waals surface area contributed by atoms with E-state index in [1.807, 2.05) is 0 Å². The highest BCUT2D eigenvalue weighted by Crippen LogP contribution is 2.18. The van der Waals surface area contributed by atoms with Crippen LogP contribution in [0.5, 0.6) is 5.75 Å². The summed E-state index contributed by atoms with van der Waals surface area (Å²) in [6.07, 6.45) is 0. The predicted molar refractivity (Wildman–Crippen MR) is 101 cm³/mol. The first-order valence-electron chi connectivity index (χ1n) is 8.35. The van der Waals surface area contributed by atoms with Gasteiger partial charge in [0.25, 0.3) is 5.91 Å². The molecule has 0 fully saturated rings. The summed E-state index contributed by atoms with van der Waals surface area (Å²) in [5, 5.41) is 2.77. The van der Waals surface area contributed by atoms with Crippen molar-refractivity contribution in [1.82, 2.24) is 5.32 Å². The minimum absolute atomic E-state index is 0.205. The third-order valence-electron chi connectivity index (χ3n) is 3.93. The van der Waals surface area contributed by atoms with Crippen LogP contribution in [0.4, 0.5) is 5.69 Å². The number of para-hydroxylation sites is 1. The number of ether oxygens (including phenoxy) is 2. The molecule has 0 bridgehead atoms. The summed E-state index contributed by atoms with van der Waals surface area (Å²) in [7, 11) is 2.79. The van der Waals surface area contributed by atoms with Gasteiger partial charge < -0.3 is 19.7 Å². The Labute approximate surface area is 157 Å². The third-order valence-corrected chi connectivity index (χ3v) is 3.93. The molecule has 2 rings (SSSR count). The molecule has 0 aliphatic heterocycles. The lowest BCUT2D eigenvalue weighted by molar-refractivity contribution is -0.116. The molecule has 27 heavy (non-hydrogen) atoms. The summed E-state index contributed by atoms with van der Waals surface area (Å²) in [6.45, 7) is 1.91. The van der Waals surface area contributed by atoms with Gasteiger partial charge in [0.2, 0.25) is 5.91 Å². The lowest BCUT2D eigenvalue weighted by atomic mass is 10.2. The number of amides is 2. The summed E-state index contributed by atoms with van der Waals surface area (Å²) in [5.41, 5.74) is 1.32. The summed E-state index contributed by atoms with van der Waals surface area (Å²) < 4.78 is 9.88. The van der Waals surface area contributed by atoms with Gasteiger partial charge in [0.15, 0.2) is 0 Å². The zero-order valence-corrected chi connectivity index (χ0v) is 15.5. The van der Waals surface area contributed by atoms with Gasteiger partial charge in [-0.15, -0.1) is 0 Å². The number of nitrogens with zero attached hydrogens (tertiary/aromatic N) is 1. The lowest BCUT2D eigenvalue weighted by Gasteiger charge is -2.22. The Morgan fingerprint density at radius 2 is 1.78 bits per heavy atom. The summed E-state index contributed by atoms with van der Waals surface area (Å²) >= 11 is 0. The highest BCUT2D eigenvalue weighted by Gasteiger charge is 2.16. The third kappa shape index (κ3) is 5.07. The first-order chi connectivity index (χ1) is 13.0. The minimum Gasteiger partial charge on any atom is -0.496 e. The molecule has 2 aromatic carbocycles. The van der Waals surface area contributed by atoms with E-state index in [4.69, 9.17) is 9.47 Å². The number of rotatable bonds is 7. The molecule has 142 valence electrons. The number of carbonyl (C=O) groups excluding carboxylic acids is 3. The standard InChI is InChI=1S/C20H22N2O5/c1-14(23)22(16-8-6-7-15(13-16)20(25)27-3)12-11-21-19(24)17-9-4-5-10-18(17)26-2/h4-10,13H,11-12H2,1-3H3,(H,21,24). The Morgan fingerprint density at radius 3 is 2.44 bits per heavy atom. The molecule has 0 aromatic heterocycles. The molecule has 0 saturated heterocycles. The van der Waals surface area contributed by atoms with Crippen molar-refractivity contribution in [2.24, 2.45) is 0 Å². The van der Waals surface area contributed by atoms with Gasteiger partial charge in [0.05, 0.1) is 25.3 Å². The van der Waals surface area contributed by atoms with Gasteiger partial charge in [-0.3, -0.25) is 9.59 Å². The molecule has 0 aliphatic carbocycles. The summed E-state index contributed by atoms with van der Waals surface area (Å²) in [4.78, 5) is 37.5. The zero-order valence-electron chi connectivity index (χ0n) is 15.5. The zero-order chi connectivity index (χ0) is 19.8. The molecule has 1 N–H and O–H groups in total. The van der Waals surface area contributed by atoms with Gasteiger partial charge in [0.1, 0.15) is 5.75 Å². The molecule has 7 heteroatoms. The molecular formula is C20H22N2O5. The van der Waals surface area contributed by atoms with Crippen LogP contribution in [0.25, 0.3) is 0 Å². The quantitative estimate of drug-likeness (QED) is 0.756. The van der Waals surface area contributed by atoms with E-state index < -0.39 is 5.97 Å². The molecule has 0 aliphatic rings. The minimum atomic E-state index is -0.482. The van der Waals surface area contributed by atoms with Crippen LogP contribution in [-0.4, -0.2) is 45.1 Å². The van der Waals surface area contributed by atoms with Crippen molar-refractivity contribution in [3.05, 3.63) is 59.7 Å². The smallest absolute Gasteiger partial charge is 0.337 e. The van der Waals surface area contributed by atoms with E-state index in [1.165, 1.54) is 26.0 Å².